The van der Waals surface area contributed by atoms with Gasteiger partial charge in [-0.25, -0.2) is 4.39 Å². The minimum absolute atomic E-state index is 0.162. The average Bonchev–Trinajstić information content (AvgIpc) is 2.96. The second-order valence-electron chi connectivity index (χ2n) is 5.43. The molecule has 0 spiro atoms. The van der Waals surface area contributed by atoms with Gasteiger partial charge in [0, 0.05) is 28.5 Å². The van der Waals surface area contributed by atoms with Gasteiger partial charge in [-0.15, -0.1) is 0 Å². The molecule has 4 nitrogen and oxygen atoms in total. The van der Waals surface area contributed by atoms with Gasteiger partial charge in [0.25, 0.3) is 0 Å². The van der Waals surface area contributed by atoms with Gasteiger partial charge in [0.1, 0.15) is 5.82 Å². The van der Waals surface area contributed by atoms with E-state index in [0.717, 1.165) is 17.0 Å². The number of aliphatic carboxylic acids is 1. The Morgan fingerprint density at radius 1 is 1.21 bits per heavy atom. The van der Waals surface area contributed by atoms with E-state index in [1.807, 2.05) is 12.1 Å². The molecule has 0 aliphatic carbocycles. The minimum Gasteiger partial charge on any atom is -0.481 e. The number of carboxylic acid groups (broad SMARTS) is 1. The highest BCUT2D eigenvalue weighted by Gasteiger charge is 2.27. The van der Waals surface area contributed by atoms with Crippen LogP contribution in [0.1, 0.15) is 28.3 Å². The molecule has 0 aliphatic rings. The Morgan fingerprint density at radius 2 is 1.96 bits per heavy atom. The molecule has 6 heteroatoms. The Balaban J connectivity index is 1.95. The number of Topliss-reactive ketones (excluding diaryl/α,β-unsaturated/α-hetero) is 1. The number of aromatic nitrogens is 1. The first-order valence-corrected chi connectivity index (χ1v) is 7.62. The zero-order valence-corrected chi connectivity index (χ0v) is 13.2. The van der Waals surface area contributed by atoms with E-state index in [1.165, 1.54) is 12.1 Å². The van der Waals surface area contributed by atoms with E-state index in [0.29, 0.717) is 5.56 Å². The fourth-order valence-corrected chi connectivity index (χ4v) is 2.88. The van der Waals surface area contributed by atoms with Crippen LogP contribution >= 0.6 is 11.6 Å². The molecular formula is C18H13ClFNO3. The molecule has 0 saturated heterocycles. The van der Waals surface area contributed by atoms with Gasteiger partial charge in [-0.05, 0) is 29.8 Å². The SMILES string of the molecule is O=C(CC(C(=O)O)c1c[nH]c2ccccc12)c1ccc(Cl)cc1F. The normalized spacial score (nSPS) is 12.2. The van der Waals surface area contributed by atoms with Crippen LogP contribution in [0, 0.1) is 5.82 Å². The van der Waals surface area contributed by atoms with Crippen molar-refractivity contribution in [3.63, 3.8) is 0 Å². The zero-order valence-electron chi connectivity index (χ0n) is 12.4. The van der Waals surface area contributed by atoms with Gasteiger partial charge >= 0.3 is 5.97 Å². The van der Waals surface area contributed by atoms with Crippen LogP contribution < -0.4 is 0 Å². The quantitative estimate of drug-likeness (QED) is 0.673. The van der Waals surface area contributed by atoms with Crippen LogP contribution in [0.4, 0.5) is 4.39 Å². The lowest BCUT2D eigenvalue weighted by Gasteiger charge is -2.11. The second kappa shape index (κ2) is 6.45. The Labute approximate surface area is 141 Å². The van der Waals surface area contributed by atoms with Gasteiger partial charge in [-0.3, -0.25) is 9.59 Å². The Kier molecular flexibility index (Phi) is 4.36. The molecule has 2 N–H and O–H groups in total. The molecule has 0 saturated carbocycles. The standard InChI is InChI=1S/C18H13ClFNO3/c19-10-5-6-12(15(20)7-10)17(22)8-13(18(23)24)14-9-21-16-4-2-1-3-11(14)16/h1-7,9,13,21H,8H2,(H,23,24). The monoisotopic (exact) mass is 345 g/mol. The number of carboxylic acids is 1. The predicted molar refractivity (Wildman–Crippen MR) is 89.0 cm³/mol. The van der Waals surface area contributed by atoms with E-state index in [9.17, 15) is 19.1 Å². The molecule has 1 aromatic heterocycles. The lowest BCUT2D eigenvalue weighted by atomic mass is 9.91. The van der Waals surface area contributed by atoms with Crippen molar-refractivity contribution in [2.45, 2.75) is 12.3 Å². The summed E-state index contributed by atoms with van der Waals surface area (Å²) in [7, 11) is 0. The molecule has 0 amide bonds. The number of rotatable bonds is 5. The summed E-state index contributed by atoms with van der Waals surface area (Å²) in [5.74, 6) is -3.54. The minimum atomic E-state index is -1.14. The van der Waals surface area contributed by atoms with Crippen molar-refractivity contribution in [2.75, 3.05) is 0 Å². The third kappa shape index (κ3) is 3.03. The topological polar surface area (TPSA) is 70.2 Å². The number of aromatic amines is 1. The molecule has 0 radical (unpaired) electrons. The van der Waals surface area contributed by atoms with Crippen molar-refractivity contribution in [1.82, 2.24) is 4.98 Å². The first kappa shape index (κ1) is 16.2. The predicted octanol–water partition coefficient (Wildman–Crippen LogP) is 4.40. The lowest BCUT2D eigenvalue weighted by Crippen LogP contribution is -2.17. The van der Waals surface area contributed by atoms with Crippen molar-refractivity contribution < 1.29 is 19.1 Å². The highest BCUT2D eigenvalue weighted by Crippen LogP contribution is 2.30. The summed E-state index contributed by atoms with van der Waals surface area (Å²) in [5.41, 5.74) is 1.12. The maximum Gasteiger partial charge on any atom is 0.311 e. The molecule has 1 heterocycles. The lowest BCUT2D eigenvalue weighted by molar-refractivity contribution is -0.138. The smallest absolute Gasteiger partial charge is 0.311 e. The number of H-pyrrole nitrogens is 1. The first-order chi connectivity index (χ1) is 11.5. The highest BCUT2D eigenvalue weighted by molar-refractivity contribution is 6.30. The number of carbonyl (C=O) groups is 2. The molecule has 122 valence electrons. The Morgan fingerprint density at radius 3 is 2.67 bits per heavy atom. The van der Waals surface area contributed by atoms with E-state index in [2.05, 4.69) is 4.98 Å². The first-order valence-electron chi connectivity index (χ1n) is 7.24. The van der Waals surface area contributed by atoms with Crippen LogP contribution in [-0.2, 0) is 4.79 Å². The zero-order chi connectivity index (χ0) is 17.3. The number of carbonyl (C=O) groups excluding carboxylic acids is 1. The summed E-state index contributed by atoms with van der Waals surface area (Å²) < 4.78 is 13.9. The molecule has 3 rings (SSSR count). The number of hydrogen-bond donors (Lipinski definition) is 2. The maximum atomic E-state index is 13.9. The fraction of sp³-hybridized carbons (Fsp3) is 0.111. The molecule has 3 aromatic rings. The molecular weight excluding hydrogens is 333 g/mol. The average molecular weight is 346 g/mol. The van der Waals surface area contributed by atoms with Crippen molar-refractivity contribution in [3.05, 3.63) is 70.6 Å². The third-order valence-corrected chi connectivity index (χ3v) is 4.15. The van der Waals surface area contributed by atoms with Crippen molar-refractivity contribution >= 4 is 34.3 Å². The van der Waals surface area contributed by atoms with Crippen molar-refractivity contribution in [2.24, 2.45) is 0 Å². The van der Waals surface area contributed by atoms with Gasteiger partial charge in [0.05, 0.1) is 11.5 Å². The van der Waals surface area contributed by atoms with E-state index in [4.69, 9.17) is 11.6 Å². The molecule has 1 unspecified atom stereocenters. The van der Waals surface area contributed by atoms with Crippen LogP contribution in [0.15, 0.2) is 48.7 Å². The van der Waals surface area contributed by atoms with E-state index in [1.54, 1.807) is 18.3 Å². The number of para-hydroxylation sites is 1. The summed E-state index contributed by atoms with van der Waals surface area (Å²) >= 11 is 5.67. The van der Waals surface area contributed by atoms with Crippen molar-refractivity contribution in [3.8, 4) is 0 Å². The van der Waals surface area contributed by atoms with Gasteiger partial charge < -0.3 is 10.1 Å². The number of nitrogens with one attached hydrogen (secondary N) is 1. The van der Waals surface area contributed by atoms with Crippen LogP contribution in [0.5, 0.6) is 0 Å². The highest BCUT2D eigenvalue weighted by atomic mass is 35.5. The van der Waals surface area contributed by atoms with Gasteiger partial charge in [-0.2, -0.15) is 0 Å². The molecule has 2 aromatic carbocycles. The summed E-state index contributed by atoms with van der Waals surface area (Å²) in [6.45, 7) is 0. The number of halogens is 2. The van der Waals surface area contributed by atoms with E-state index >= 15 is 0 Å². The second-order valence-corrected chi connectivity index (χ2v) is 5.87. The summed E-state index contributed by atoms with van der Waals surface area (Å²) in [5, 5.41) is 10.4. The Hall–Kier alpha value is -2.66. The van der Waals surface area contributed by atoms with Crippen molar-refractivity contribution in [1.29, 1.82) is 0 Å². The van der Waals surface area contributed by atoms with E-state index in [-0.39, 0.29) is 17.0 Å². The van der Waals surface area contributed by atoms with Crippen LogP contribution in [0.2, 0.25) is 5.02 Å². The fourth-order valence-electron chi connectivity index (χ4n) is 2.72. The van der Waals surface area contributed by atoms with E-state index < -0.39 is 23.5 Å². The summed E-state index contributed by atoms with van der Waals surface area (Å²) in [6.07, 6.45) is 1.24. The number of ketones is 1. The molecule has 0 fully saturated rings. The molecule has 24 heavy (non-hydrogen) atoms. The van der Waals surface area contributed by atoms with Gasteiger partial charge in [0.15, 0.2) is 5.78 Å². The Bertz CT molecular complexity index is 935. The third-order valence-electron chi connectivity index (χ3n) is 3.92. The molecule has 0 bridgehead atoms. The van der Waals surface area contributed by atoms with Gasteiger partial charge in [-0.1, -0.05) is 29.8 Å². The maximum absolute atomic E-state index is 13.9. The van der Waals surface area contributed by atoms with Crippen LogP contribution in [-0.4, -0.2) is 21.8 Å². The molecule has 0 aliphatic heterocycles. The number of benzene rings is 2. The summed E-state index contributed by atoms with van der Waals surface area (Å²) in [4.78, 5) is 27.0. The van der Waals surface area contributed by atoms with Crippen LogP contribution in [0.25, 0.3) is 10.9 Å². The van der Waals surface area contributed by atoms with Gasteiger partial charge in [0.2, 0.25) is 0 Å². The van der Waals surface area contributed by atoms with Crippen LogP contribution in [0.3, 0.4) is 0 Å². The number of hydrogen-bond acceptors (Lipinski definition) is 2. The number of fused-ring (bicyclic) bond motifs is 1. The molecule has 1 atom stereocenters. The summed E-state index contributed by atoms with van der Waals surface area (Å²) in [6, 6.07) is 10.9. The largest absolute Gasteiger partial charge is 0.481 e.